The van der Waals surface area contributed by atoms with E-state index in [1.165, 1.54) is 6.07 Å². The van der Waals surface area contributed by atoms with Gasteiger partial charge in [-0.2, -0.15) is 0 Å². The largest absolute Gasteiger partial charge is 0.507 e. The molecule has 0 spiro atoms. The van der Waals surface area contributed by atoms with Crippen LogP contribution >= 0.6 is 7.60 Å². The van der Waals surface area contributed by atoms with E-state index in [1.807, 2.05) is 54.6 Å². The molecule has 0 unspecified atom stereocenters. The number of aromatic hydroxyl groups is 1. The van der Waals surface area contributed by atoms with Crippen LogP contribution in [0.5, 0.6) is 5.75 Å². The van der Waals surface area contributed by atoms with E-state index in [1.54, 1.807) is 6.07 Å². The van der Waals surface area contributed by atoms with Crippen molar-refractivity contribution >= 4 is 13.6 Å². The Bertz CT molecular complexity index is 1090. The molecular formula is C22H22NO6P. The standard InChI is InChI=1S/C22H22NO6P/c23-20(22(25)26)12-18-10-17(11-19(21(18)24)13-30(27,28)29)16-8-6-15(7-9-16)14-4-2-1-3-5-14/h1-11,20,24H,12-13,23H2,(H,25,26)(H2,27,28,29)/t20-/m0/s1. The predicted molar refractivity (Wildman–Crippen MR) is 114 cm³/mol. The van der Waals surface area contributed by atoms with Gasteiger partial charge in [0, 0.05) is 12.0 Å². The van der Waals surface area contributed by atoms with Crippen LogP contribution in [0, 0.1) is 0 Å². The summed E-state index contributed by atoms with van der Waals surface area (Å²) in [5.74, 6) is -1.58. The van der Waals surface area contributed by atoms with Crippen LogP contribution in [0.3, 0.4) is 0 Å². The molecule has 0 amide bonds. The summed E-state index contributed by atoms with van der Waals surface area (Å²) in [5.41, 5.74) is 9.27. The number of phenols is 1. The van der Waals surface area contributed by atoms with Crippen molar-refractivity contribution in [3.8, 4) is 28.0 Å². The van der Waals surface area contributed by atoms with Crippen molar-refractivity contribution < 1.29 is 29.4 Å². The Kier molecular flexibility index (Phi) is 6.39. The number of carboxylic acids is 1. The molecule has 30 heavy (non-hydrogen) atoms. The molecule has 0 heterocycles. The molecule has 7 nitrogen and oxygen atoms in total. The zero-order chi connectivity index (χ0) is 21.9. The van der Waals surface area contributed by atoms with Crippen molar-refractivity contribution in [1.29, 1.82) is 0 Å². The van der Waals surface area contributed by atoms with Gasteiger partial charge in [-0.25, -0.2) is 0 Å². The topological polar surface area (TPSA) is 141 Å². The smallest absolute Gasteiger partial charge is 0.330 e. The molecule has 3 rings (SSSR count). The number of benzene rings is 3. The average molecular weight is 427 g/mol. The van der Waals surface area contributed by atoms with Crippen LogP contribution in [0.15, 0.2) is 66.7 Å². The first kappa shape index (κ1) is 21.7. The maximum atomic E-state index is 11.5. The van der Waals surface area contributed by atoms with Crippen molar-refractivity contribution in [3.05, 3.63) is 77.9 Å². The summed E-state index contributed by atoms with van der Waals surface area (Å²) in [4.78, 5) is 29.8. The number of phenolic OH excluding ortho intramolecular Hbond substituents is 1. The minimum Gasteiger partial charge on any atom is -0.507 e. The molecule has 0 bridgehead atoms. The van der Waals surface area contributed by atoms with Crippen LogP contribution in [-0.4, -0.2) is 32.0 Å². The summed E-state index contributed by atoms with van der Waals surface area (Å²) >= 11 is 0. The normalized spacial score (nSPS) is 12.5. The highest BCUT2D eigenvalue weighted by Crippen LogP contribution is 2.43. The van der Waals surface area contributed by atoms with E-state index in [2.05, 4.69) is 0 Å². The van der Waals surface area contributed by atoms with Crippen molar-refractivity contribution in [2.24, 2.45) is 5.73 Å². The molecule has 0 saturated heterocycles. The molecule has 0 aliphatic rings. The second-order valence-corrected chi connectivity index (χ2v) is 8.70. The van der Waals surface area contributed by atoms with Gasteiger partial charge in [-0.15, -0.1) is 0 Å². The monoisotopic (exact) mass is 427 g/mol. The van der Waals surface area contributed by atoms with Gasteiger partial charge in [0.05, 0.1) is 6.16 Å². The fraction of sp³-hybridized carbons (Fsp3) is 0.136. The lowest BCUT2D eigenvalue weighted by atomic mass is 9.94. The lowest BCUT2D eigenvalue weighted by molar-refractivity contribution is -0.138. The molecule has 1 atom stereocenters. The highest BCUT2D eigenvalue weighted by Gasteiger charge is 2.22. The minimum atomic E-state index is -4.45. The fourth-order valence-corrected chi connectivity index (χ4v) is 3.92. The third-order valence-electron chi connectivity index (χ3n) is 4.73. The van der Waals surface area contributed by atoms with E-state index in [-0.39, 0.29) is 23.3 Å². The van der Waals surface area contributed by atoms with Gasteiger partial charge in [-0.3, -0.25) is 9.36 Å². The van der Waals surface area contributed by atoms with Gasteiger partial charge < -0.3 is 25.7 Å². The van der Waals surface area contributed by atoms with Gasteiger partial charge in [0.25, 0.3) is 0 Å². The van der Waals surface area contributed by atoms with Crippen molar-refractivity contribution in [2.45, 2.75) is 18.6 Å². The molecule has 156 valence electrons. The third kappa shape index (κ3) is 5.34. The molecule has 0 aromatic heterocycles. The number of carbonyl (C=O) groups is 1. The lowest BCUT2D eigenvalue weighted by Crippen LogP contribution is -2.32. The van der Waals surface area contributed by atoms with Crippen LogP contribution in [-0.2, 0) is 21.9 Å². The predicted octanol–water partition coefficient (Wildman–Crippen LogP) is 3.36. The van der Waals surface area contributed by atoms with E-state index >= 15 is 0 Å². The first-order chi connectivity index (χ1) is 14.1. The quantitative estimate of drug-likeness (QED) is 0.364. The maximum absolute atomic E-state index is 11.5. The SMILES string of the molecule is N[C@@H](Cc1cc(-c2ccc(-c3ccccc3)cc2)cc(CP(=O)(O)O)c1O)C(=O)O. The number of aliphatic carboxylic acids is 1. The number of carboxylic acid groups (broad SMARTS) is 1. The Morgan fingerprint density at radius 2 is 1.37 bits per heavy atom. The van der Waals surface area contributed by atoms with Crippen LogP contribution in [0.2, 0.25) is 0 Å². The Hall–Kier alpha value is -2.96. The molecule has 3 aromatic rings. The van der Waals surface area contributed by atoms with Gasteiger partial charge in [0.2, 0.25) is 0 Å². The summed E-state index contributed by atoms with van der Waals surface area (Å²) in [5, 5.41) is 19.5. The Labute approximate surface area is 173 Å². The summed E-state index contributed by atoms with van der Waals surface area (Å²) < 4.78 is 11.5. The summed E-state index contributed by atoms with van der Waals surface area (Å²) in [6.45, 7) is 0. The van der Waals surface area contributed by atoms with Gasteiger partial charge >= 0.3 is 13.6 Å². The highest BCUT2D eigenvalue weighted by atomic mass is 31.2. The zero-order valence-electron chi connectivity index (χ0n) is 16.0. The minimum absolute atomic E-state index is 0.0422. The maximum Gasteiger partial charge on any atom is 0.330 e. The van der Waals surface area contributed by atoms with Gasteiger partial charge in [0.15, 0.2) is 0 Å². The van der Waals surface area contributed by atoms with Crippen molar-refractivity contribution in [3.63, 3.8) is 0 Å². The zero-order valence-corrected chi connectivity index (χ0v) is 16.9. The molecule has 3 aromatic carbocycles. The van der Waals surface area contributed by atoms with Crippen LogP contribution in [0.1, 0.15) is 11.1 Å². The number of nitrogens with two attached hydrogens (primary N) is 1. The van der Waals surface area contributed by atoms with E-state index in [0.29, 0.717) is 5.56 Å². The lowest BCUT2D eigenvalue weighted by Gasteiger charge is -2.16. The molecule has 0 aliphatic heterocycles. The molecule has 8 heteroatoms. The average Bonchev–Trinajstić information content (AvgIpc) is 2.70. The number of hydrogen-bond donors (Lipinski definition) is 5. The van der Waals surface area contributed by atoms with E-state index in [0.717, 1.165) is 16.7 Å². The van der Waals surface area contributed by atoms with E-state index in [4.69, 9.17) is 10.8 Å². The summed E-state index contributed by atoms with van der Waals surface area (Å²) in [7, 11) is -4.45. The number of rotatable bonds is 7. The molecule has 0 saturated carbocycles. The molecule has 0 fully saturated rings. The Balaban J connectivity index is 2.03. The second-order valence-electron chi connectivity index (χ2n) is 7.06. The van der Waals surface area contributed by atoms with Crippen LogP contribution < -0.4 is 5.73 Å². The van der Waals surface area contributed by atoms with Crippen molar-refractivity contribution in [2.75, 3.05) is 0 Å². The molecule has 6 N–H and O–H groups in total. The number of hydrogen-bond acceptors (Lipinski definition) is 4. The van der Waals surface area contributed by atoms with Gasteiger partial charge in [-0.1, -0.05) is 54.6 Å². The Morgan fingerprint density at radius 1 is 0.867 bits per heavy atom. The first-order valence-electron chi connectivity index (χ1n) is 9.17. The van der Waals surface area contributed by atoms with Crippen molar-refractivity contribution in [1.82, 2.24) is 0 Å². The van der Waals surface area contributed by atoms with Gasteiger partial charge in [0.1, 0.15) is 11.8 Å². The van der Waals surface area contributed by atoms with Crippen LogP contribution in [0.4, 0.5) is 0 Å². The molecule has 0 aliphatic carbocycles. The molecule has 0 radical (unpaired) electrons. The van der Waals surface area contributed by atoms with E-state index in [9.17, 15) is 24.3 Å². The first-order valence-corrected chi connectivity index (χ1v) is 11.0. The molecular weight excluding hydrogens is 405 g/mol. The van der Waals surface area contributed by atoms with Crippen LogP contribution in [0.25, 0.3) is 22.3 Å². The third-order valence-corrected chi connectivity index (χ3v) is 5.48. The summed E-state index contributed by atoms with van der Waals surface area (Å²) in [6.07, 6.45) is -0.838. The second kappa shape index (κ2) is 8.81. The fourth-order valence-electron chi connectivity index (χ4n) is 3.23. The van der Waals surface area contributed by atoms with Gasteiger partial charge in [-0.05, 0) is 39.9 Å². The Morgan fingerprint density at radius 3 is 1.90 bits per heavy atom. The summed E-state index contributed by atoms with van der Waals surface area (Å²) in [6, 6.07) is 19.2. The highest BCUT2D eigenvalue weighted by molar-refractivity contribution is 7.50. The van der Waals surface area contributed by atoms with E-state index < -0.39 is 25.8 Å².